The van der Waals surface area contributed by atoms with Crippen LogP contribution in [0.2, 0.25) is 0 Å². The summed E-state index contributed by atoms with van der Waals surface area (Å²) in [5.41, 5.74) is 0.745. The van der Waals surface area contributed by atoms with Gasteiger partial charge < -0.3 is 14.5 Å². The second-order valence-corrected chi connectivity index (χ2v) is 5.81. The normalized spacial score (nSPS) is 10.8. The molecule has 1 heterocycles. The average molecular weight is 345 g/mol. The van der Waals surface area contributed by atoms with Crippen LogP contribution < -0.4 is 5.32 Å². The maximum Gasteiger partial charge on any atom is 0.305 e. The molecule has 0 fully saturated rings. The minimum absolute atomic E-state index is 0.235. The predicted octanol–water partition coefficient (Wildman–Crippen LogP) is 3.76. The highest BCUT2D eigenvalue weighted by molar-refractivity contribution is 7.98. The fourth-order valence-corrected chi connectivity index (χ4v) is 2.45. The van der Waals surface area contributed by atoms with Crippen LogP contribution in [0.3, 0.4) is 0 Å². The monoisotopic (exact) mass is 345 g/mol. The molecular formula is C18H19NO4S. The Bertz CT molecular complexity index is 736. The molecule has 1 amide bonds. The van der Waals surface area contributed by atoms with Crippen molar-refractivity contribution >= 4 is 35.4 Å². The van der Waals surface area contributed by atoms with Crippen LogP contribution in [-0.4, -0.2) is 25.2 Å². The Hall–Kier alpha value is -2.47. The first-order valence-electron chi connectivity index (χ1n) is 7.39. The summed E-state index contributed by atoms with van der Waals surface area (Å²) in [4.78, 5) is 24.1. The number of nitrogens with one attached hydrogen (secondary N) is 1. The van der Waals surface area contributed by atoms with Gasteiger partial charge in [0.2, 0.25) is 5.91 Å². The molecule has 0 bridgehead atoms. The van der Waals surface area contributed by atoms with Gasteiger partial charge in [0.05, 0.1) is 13.5 Å². The number of benzene rings is 1. The lowest BCUT2D eigenvalue weighted by Gasteiger charge is -2.03. The number of carbonyl (C=O) groups is 2. The van der Waals surface area contributed by atoms with E-state index in [2.05, 4.69) is 10.1 Å². The molecule has 0 unspecified atom stereocenters. The number of rotatable bonds is 7. The zero-order chi connectivity index (χ0) is 17.4. The molecule has 0 atom stereocenters. The summed E-state index contributed by atoms with van der Waals surface area (Å²) in [6.45, 7) is 0. The smallest absolute Gasteiger partial charge is 0.305 e. The SMILES string of the molecule is COC(=O)CCc1ccc(/C=C/C(=O)Nc2cccc(SC)c2)o1. The molecule has 1 N–H and O–H groups in total. The van der Waals surface area contributed by atoms with Crippen molar-refractivity contribution in [1.29, 1.82) is 0 Å². The first kappa shape index (κ1) is 17.9. The van der Waals surface area contributed by atoms with Crippen LogP contribution in [0, 0.1) is 0 Å². The topological polar surface area (TPSA) is 68.5 Å². The first-order valence-corrected chi connectivity index (χ1v) is 8.62. The van der Waals surface area contributed by atoms with E-state index < -0.39 is 0 Å². The van der Waals surface area contributed by atoms with E-state index in [1.54, 1.807) is 30.0 Å². The Balaban J connectivity index is 1.89. The third kappa shape index (κ3) is 5.62. The molecule has 2 aromatic rings. The Morgan fingerprint density at radius 3 is 2.88 bits per heavy atom. The van der Waals surface area contributed by atoms with Crippen molar-refractivity contribution in [3.63, 3.8) is 0 Å². The lowest BCUT2D eigenvalue weighted by molar-refractivity contribution is -0.140. The summed E-state index contributed by atoms with van der Waals surface area (Å²) in [6.07, 6.45) is 5.72. The second kappa shape index (κ2) is 8.98. The van der Waals surface area contributed by atoms with Crippen LogP contribution in [0.25, 0.3) is 6.08 Å². The maximum absolute atomic E-state index is 11.9. The highest BCUT2D eigenvalue weighted by Crippen LogP contribution is 2.19. The van der Waals surface area contributed by atoms with Crippen molar-refractivity contribution in [2.45, 2.75) is 17.7 Å². The Morgan fingerprint density at radius 1 is 1.29 bits per heavy atom. The highest BCUT2D eigenvalue weighted by Gasteiger charge is 2.05. The standard InChI is InChI=1S/C18H19NO4S/c1-22-18(21)11-9-15-7-6-14(23-15)8-10-17(20)19-13-4-3-5-16(12-13)24-2/h3-8,10,12H,9,11H2,1-2H3,(H,19,20)/b10-8+. The summed E-state index contributed by atoms with van der Waals surface area (Å²) in [7, 11) is 1.35. The van der Waals surface area contributed by atoms with Crippen LogP contribution in [-0.2, 0) is 20.7 Å². The van der Waals surface area contributed by atoms with E-state index >= 15 is 0 Å². The molecule has 0 radical (unpaired) electrons. The third-order valence-corrected chi connectivity index (χ3v) is 3.95. The third-order valence-electron chi connectivity index (χ3n) is 3.22. The number of hydrogen-bond acceptors (Lipinski definition) is 5. The van der Waals surface area contributed by atoms with Crippen molar-refractivity contribution in [1.82, 2.24) is 0 Å². The van der Waals surface area contributed by atoms with E-state index in [9.17, 15) is 9.59 Å². The number of aryl methyl sites for hydroxylation is 1. The molecule has 0 saturated heterocycles. The zero-order valence-electron chi connectivity index (χ0n) is 13.6. The number of thioether (sulfide) groups is 1. The van der Waals surface area contributed by atoms with Crippen molar-refractivity contribution in [3.05, 3.63) is 54.0 Å². The number of methoxy groups -OCH3 is 1. The maximum atomic E-state index is 11.9. The number of esters is 1. The van der Waals surface area contributed by atoms with Crippen LogP contribution in [0.15, 0.2) is 51.8 Å². The lowest BCUT2D eigenvalue weighted by atomic mass is 10.2. The molecule has 126 valence electrons. The summed E-state index contributed by atoms with van der Waals surface area (Å²) in [6, 6.07) is 11.2. The van der Waals surface area contributed by atoms with Crippen molar-refractivity contribution in [2.24, 2.45) is 0 Å². The van der Waals surface area contributed by atoms with Crippen molar-refractivity contribution in [3.8, 4) is 0 Å². The predicted molar refractivity (Wildman–Crippen MR) is 94.9 cm³/mol. The van der Waals surface area contributed by atoms with E-state index in [-0.39, 0.29) is 18.3 Å². The Kier molecular flexibility index (Phi) is 6.69. The Morgan fingerprint density at radius 2 is 2.12 bits per heavy atom. The summed E-state index contributed by atoms with van der Waals surface area (Å²) >= 11 is 1.61. The molecule has 0 aliphatic carbocycles. The minimum Gasteiger partial charge on any atom is -0.469 e. The van der Waals surface area contributed by atoms with Gasteiger partial charge in [-0.1, -0.05) is 6.07 Å². The molecular weight excluding hydrogens is 326 g/mol. The second-order valence-electron chi connectivity index (χ2n) is 4.93. The van der Waals surface area contributed by atoms with Crippen molar-refractivity contribution < 1.29 is 18.7 Å². The fourth-order valence-electron chi connectivity index (χ4n) is 1.99. The average Bonchev–Trinajstić information content (AvgIpc) is 3.06. The molecule has 5 nitrogen and oxygen atoms in total. The van der Waals surface area contributed by atoms with Crippen molar-refractivity contribution in [2.75, 3.05) is 18.7 Å². The van der Waals surface area contributed by atoms with E-state index in [4.69, 9.17) is 4.42 Å². The van der Waals surface area contributed by atoms with E-state index in [1.807, 2.05) is 30.5 Å². The number of anilines is 1. The molecule has 2 rings (SSSR count). The number of furan rings is 1. The van der Waals surface area contributed by atoms with Gasteiger partial charge in [-0.05, 0) is 42.7 Å². The van der Waals surface area contributed by atoms with Crippen LogP contribution in [0.1, 0.15) is 17.9 Å². The van der Waals surface area contributed by atoms with E-state index in [0.29, 0.717) is 17.9 Å². The molecule has 0 spiro atoms. The van der Waals surface area contributed by atoms with Gasteiger partial charge in [-0.2, -0.15) is 0 Å². The van der Waals surface area contributed by atoms with Crippen LogP contribution >= 0.6 is 11.8 Å². The van der Waals surface area contributed by atoms with E-state index in [1.165, 1.54) is 13.2 Å². The van der Waals surface area contributed by atoms with Crippen LogP contribution in [0.4, 0.5) is 5.69 Å². The van der Waals surface area contributed by atoms with Gasteiger partial charge in [0.15, 0.2) is 0 Å². The van der Waals surface area contributed by atoms with Gasteiger partial charge >= 0.3 is 5.97 Å². The number of hydrogen-bond donors (Lipinski definition) is 1. The van der Waals surface area contributed by atoms with Gasteiger partial charge in [0.1, 0.15) is 11.5 Å². The molecule has 6 heteroatoms. The number of amides is 1. The van der Waals surface area contributed by atoms with Gasteiger partial charge in [-0.3, -0.25) is 9.59 Å². The van der Waals surface area contributed by atoms with Crippen LogP contribution in [0.5, 0.6) is 0 Å². The van der Waals surface area contributed by atoms with E-state index in [0.717, 1.165) is 10.6 Å². The zero-order valence-corrected chi connectivity index (χ0v) is 14.4. The molecule has 1 aromatic heterocycles. The summed E-state index contributed by atoms with van der Waals surface area (Å²) < 4.78 is 10.1. The first-order chi connectivity index (χ1) is 11.6. The van der Waals surface area contributed by atoms with Gasteiger partial charge in [0, 0.05) is 23.1 Å². The lowest BCUT2D eigenvalue weighted by Crippen LogP contribution is -2.07. The molecule has 0 aliphatic heterocycles. The summed E-state index contributed by atoms with van der Waals surface area (Å²) in [5, 5.41) is 2.80. The number of ether oxygens (including phenoxy) is 1. The van der Waals surface area contributed by atoms with Gasteiger partial charge in [-0.15, -0.1) is 11.8 Å². The molecule has 1 aromatic carbocycles. The largest absolute Gasteiger partial charge is 0.469 e. The minimum atomic E-state index is -0.282. The molecule has 24 heavy (non-hydrogen) atoms. The highest BCUT2D eigenvalue weighted by atomic mass is 32.2. The quantitative estimate of drug-likeness (QED) is 0.470. The number of carbonyl (C=O) groups excluding carboxylic acids is 2. The van der Waals surface area contributed by atoms with Gasteiger partial charge in [0.25, 0.3) is 0 Å². The van der Waals surface area contributed by atoms with Gasteiger partial charge in [-0.25, -0.2) is 0 Å². The fraction of sp³-hybridized carbons (Fsp3) is 0.222. The summed E-state index contributed by atoms with van der Waals surface area (Å²) in [5.74, 6) is 0.715. The molecule has 0 aliphatic rings. The Labute approximate surface area is 145 Å². The molecule has 0 saturated carbocycles.